The standard InChI is InChI=1S/C25H27FN4O2/c1-2-14-29(24-17-23(24)19-5-9-20(26)10-6-19)15-3-4-22(25(31)32)18-7-11-21(12-8-18)30-16-13-27-28-30/h2,5-13,16,22-24H,1,3-4,14-15,17H2,(H,31,32)/t22-,23+,24-/m1/s1. The Labute approximate surface area is 187 Å². The summed E-state index contributed by atoms with van der Waals surface area (Å²) in [5, 5.41) is 17.5. The largest absolute Gasteiger partial charge is 0.481 e. The number of hydrogen-bond acceptors (Lipinski definition) is 4. The summed E-state index contributed by atoms with van der Waals surface area (Å²) in [4.78, 5) is 14.3. The van der Waals surface area contributed by atoms with Crippen LogP contribution < -0.4 is 0 Å². The highest BCUT2D eigenvalue weighted by Crippen LogP contribution is 2.44. The van der Waals surface area contributed by atoms with Gasteiger partial charge < -0.3 is 5.11 Å². The number of halogens is 1. The average molecular weight is 435 g/mol. The van der Waals surface area contributed by atoms with Gasteiger partial charge in [-0.3, -0.25) is 9.69 Å². The molecule has 0 aliphatic heterocycles. The SMILES string of the molecule is C=CCN(CCC[C@@H](C(=O)O)c1ccc(-n2ccnn2)cc1)[C@@H]1C[C@H]1c1ccc(F)cc1. The van der Waals surface area contributed by atoms with Gasteiger partial charge in [-0.15, -0.1) is 11.7 Å². The van der Waals surface area contributed by atoms with Crippen LogP contribution in [0.4, 0.5) is 4.39 Å². The van der Waals surface area contributed by atoms with E-state index in [1.54, 1.807) is 17.1 Å². The average Bonchev–Trinajstić information content (AvgIpc) is 3.39. The fourth-order valence-corrected chi connectivity index (χ4v) is 4.35. The van der Waals surface area contributed by atoms with E-state index in [0.717, 1.165) is 42.7 Å². The summed E-state index contributed by atoms with van der Waals surface area (Å²) in [7, 11) is 0. The Balaban J connectivity index is 1.35. The lowest BCUT2D eigenvalue weighted by molar-refractivity contribution is -0.139. The van der Waals surface area contributed by atoms with E-state index in [0.29, 0.717) is 18.4 Å². The van der Waals surface area contributed by atoms with Gasteiger partial charge in [0.05, 0.1) is 24.0 Å². The monoisotopic (exact) mass is 434 g/mol. The van der Waals surface area contributed by atoms with Crippen LogP contribution in [0.2, 0.25) is 0 Å². The first-order valence-electron chi connectivity index (χ1n) is 10.9. The highest BCUT2D eigenvalue weighted by molar-refractivity contribution is 5.76. The number of rotatable bonds is 11. The van der Waals surface area contributed by atoms with Crippen molar-refractivity contribution in [2.75, 3.05) is 13.1 Å². The van der Waals surface area contributed by atoms with Crippen molar-refractivity contribution in [2.45, 2.75) is 37.1 Å². The van der Waals surface area contributed by atoms with Gasteiger partial charge in [-0.05, 0) is 61.2 Å². The molecule has 166 valence electrons. The first kappa shape index (κ1) is 21.9. The molecule has 1 aliphatic rings. The molecule has 3 aromatic rings. The van der Waals surface area contributed by atoms with Gasteiger partial charge in [0.15, 0.2) is 0 Å². The molecule has 3 atom stereocenters. The number of hydrogen-bond donors (Lipinski definition) is 1. The lowest BCUT2D eigenvalue weighted by Gasteiger charge is -2.22. The molecule has 1 heterocycles. The minimum atomic E-state index is -0.815. The molecule has 4 rings (SSSR count). The lowest BCUT2D eigenvalue weighted by Crippen LogP contribution is -2.29. The van der Waals surface area contributed by atoms with Crippen LogP contribution in [-0.4, -0.2) is 50.1 Å². The molecule has 0 spiro atoms. The normalized spacial score (nSPS) is 18.4. The zero-order valence-corrected chi connectivity index (χ0v) is 17.8. The predicted molar refractivity (Wildman–Crippen MR) is 120 cm³/mol. The van der Waals surface area contributed by atoms with Crippen LogP contribution in [-0.2, 0) is 4.79 Å². The van der Waals surface area contributed by atoms with Crippen LogP contribution in [0.1, 0.15) is 42.2 Å². The number of aromatic nitrogens is 3. The molecule has 1 saturated carbocycles. The van der Waals surface area contributed by atoms with Crippen molar-refractivity contribution in [1.29, 1.82) is 0 Å². The Morgan fingerprint density at radius 3 is 2.62 bits per heavy atom. The molecule has 1 N–H and O–H groups in total. The second-order valence-electron chi connectivity index (χ2n) is 8.22. The fourth-order valence-electron chi connectivity index (χ4n) is 4.35. The summed E-state index contributed by atoms with van der Waals surface area (Å²) in [5.74, 6) is -1.19. The summed E-state index contributed by atoms with van der Waals surface area (Å²) in [6.45, 7) is 5.43. The predicted octanol–water partition coefficient (Wildman–Crippen LogP) is 4.40. The minimum Gasteiger partial charge on any atom is -0.481 e. The van der Waals surface area contributed by atoms with E-state index >= 15 is 0 Å². The molecule has 0 saturated heterocycles. The van der Waals surface area contributed by atoms with Crippen molar-refractivity contribution in [3.05, 3.63) is 90.5 Å². The van der Waals surface area contributed by atoms with Crippen LogP contribution in [0.5, 0.6) is 0 Å². The maximum absolute atomic E-state index is 13.2. The van der Waals surface area contributed by atoms with Crippen LogP contribution >= 0.6 is 0 Å². The van der Waals surface area contributed by atoms with Gasteiger partial charge in [-0.2, -0.15) is 0 Å². The Morgan fingerprint density at radius 1 is 1.25 bits per heavy atom. The number of benzene rings is 2. The molecular formula is C25H27FN4O2. The Hall–Kier alpha value is -3.32. The van der Waals surface area contributed by atoms with Crippen molar-refractivity contribution in [3.63, 3.8) is 0 Å². The van der Waals surface area contributed by atoms with E-state index in [-0.39, 0.29) is 5.82 Å². The first-order valence-corrected chi connectivity index (χ1v) is 10.9. The third kappa shape index (κ3) is 5.11. The number of nitrogens with zero attached hydrogens (tertiary/aromatic N) is 4. The second-order valence-corrected chi connectivity index (χ2v) is 8.22. The van der Waals surface area contributed by atoms with Crippen molar-refractivity contribution in [2.24, 2.45) is 0 Å². The number of carbonyl (C=O) groups is 1. The van der Waals surface area contributed by atoms with E-state index in [2.05, 4.69) is 21.8 Å². The zero-order chi connectivity index (χ0) is 22.5. The lowest BCUT2D eigenvalue weighted by atomic mass is 9.94. The maximum atomic E-state index is 13.2. The summed E-state index contributed by atoms with van der Waals surface area (Å²) >= 11 is 0. The fraction of sp³-hybridized carbons (Fsp3) is 0.320. The van der Waals surface area contributed by atoms with Gasteiger partial charge >= 0.3 is 5.97 Å². The second kappa shape index (κ2) is 9.87. The van der Waals surface area contributed by atoms with Gasteiger partial charge in [0, 0.05) is 18.5 Å². The number of carboxylic acid groups (broad SMARTS) is 1. The molecule has 0 bridgehead atoms. The highest BCUT2D eigenvalue weighted by atomic mass is 19.1. The third-order valence-corrected chi connectivity index (χ3v) is 6.11. The third-order valence-electron chi connectivity index (χ3n) is 6.11. The van der Waals surface area contributed by atoms with Gasteiger partial charge in [-0.1, -0.05) is 35.6 Å². The van der Waals surface area contributed by atoms with Crippen molar-refractivity contribution in [1.82, 2.24) is 19.9 Å². The summed E-state index contributed by atoms with van der Waals surface area (Å²) < 4.78 is 14.8. The minimum absolute atomic E-state index is 0.220. The van der Waals surface area contributed by atoms with Crippen LogP contribution in [0, 0.1) is 5.82 Å². The number of carboxylic acids is 1. The molecule has 2 aromatic carbocycles. The van der Waals surface area contributed by atoms with Crippen molar-refractivity contribution in [3.8, 4) is 5.69 Å². The first-order chi connectivity index (χ1) is 15.6. The van der Waals surface area contributed by atoms with Crippen LogP contribution in [0.15, 0.2) is 73.6 Å². The number of aliphatic carboxylic acids is 1. The molecule has 7 heteroatoms. The van der Waals surface area contributed by atoms with E-state index in [1.807, 2.05) is 42.5 Å². The Morgan fingerprint density at radius 2 is 2.00 bits per heavy atom. The van der Waals surface area contributed by atoms with Crippen LogP contribution in [0.25, 0.3) is 5.69 Å². The highest BCUT2D eigenvalue weighted by Gasteiger charge is 2.42. The van der Waals surface area contributed by atoms with Gasteiger partial charge in [0.1, 0.15) is 5.82 Å². The van der Waals surface area contributed by atoms with E-state index in [9.17, 15) is 14.3 Å². The summed E-state index contributed by atoms with van der Waals surface area (Å²) in [6, 6.07) is 14.5. The smallest absolute Gasteiger partial charge is 0.310 e. The Bertz CT molecular complexity index is 1030. The molecule has 6 nitrogen and oxygen atoms in total. The van der Waals surface area contributed by atoms with Crippen molar-refractivity contribution >= 4 is 5.97 Å². The zero-order valence-electron chi connectivity index (χ0n) is 17.8. The van der Waals surface area contributed by atoms with E-state index in [4.69, 9.17) is 0 Å². The van der Waals surface area contributed by atoms with E-state index in [1.165, 1.54) is 12.1 Å². The molecule has 1 fully saturated rings. The topological polar surface area (TPSA) is 71.2 Å². The molecular weight excluding hydrogens is 407 g/mol. The van der Waals surface area contributed by atoms with E-state index < -0.39 is 11.9 Å². The molecule has 1 aromatic heterocycles. The van der Waals surface area contributed by atoms with Gasteiger partial charge in [0.2, 0.25) is 0 Å². The molecule has 1 aliphatic carbocycles. The molecule has 0 radical (unpaired) electrons. The molecule has 0 unspecified atom stereocenters. The summed E-state index contributed by atoms with van der Waals surface area (Å²) in [6.07, 6.45) is 7.59. The Kier molecular flexibility index (Phi) is 6.75. The molecule has 0 amide bonds. The van der Waals surface area contributed by atoms with Gasteiger partial charge in [-0.25, -0.2) is 9.07 Å². The van der Waals surface area contributed by atoms with Gasteiger partial charge in [0.25, 0.3) is 0 Å². The van der Waals surface area contributed by atoms with Crippen LogP contribution in [0.3, 0.4) is 0 Å². The molecule has 32 heavy (non-hydrogen) atoms. The summed E-state index contributed by atoms with van der Waals surface area (Å²) in [5.41, 5.74) is 2.78. The van der Waals surface area contributed by atoms with Crippen molar-refractivity contribution < 1.29 is 14.3 Å². The quantitative estimate of drug-likeness (QED) is 0.453. The maximum Gasteiger partial charge on any atom is 0.310 e.